The van der Waals surface area contributed by atoms with E-state index in [1.165, 1.54) is 0 Å². The third kappa shape index (κ3) is 3.29. The van der Waals surface area contributed by atoms with Gasteiger partial charge in [-0.1, -0.05) is 6.07 Å². The molecule has 98 valence electrons. The highest BCUT2D eigenvalue weighted by atomic mass is 16.3. The summed E-state index contributed by atoms with van der Waals surface area (Å²) in [5.41, 5.74) is 1.91. The first-order chi connectivity index (χ1) is 8.66. The summed E-state index contributed by atoms with van der Waals surface area (Å²) in [6.45, 7) is 3.38. The standard InChI is InChI=1S/C14H20N2O2/c1-11-4-2-7-15-13(11)10-14(18)16-8-3-5-12(17)6-9-16/h2,4,7,12,17H,3,5-6,8-10H2,1H3. The molecule has 0 saturated carbocycles. The average Bonchev–Trinajstić information content (AvgIpc) is 2.57. The number of aryl methyl sites for hydroxylation is 1. The molecule has 2 rings (SSSR count). The molecule has 1 saturated heterocycles. The predicted octanol–water partition coefficient (Wildman–Crippen LogP) is 1.31. The number of carbonyl (C=O) groups is 1. The smallest absolute Gasteiger partial charge is 0.228 e. The predicted molar refractivity (Wildman–Crippen MR) is 69.1 cm³/mol. The molecular weight excluding hydrogens is 228 g/mol. The van der Waals surface area contributed by atoms with Crippen LogP contribution < -0.4 is 0 Å². The van der Waals surface area contributed by atoms with E-state index in [0.717, 1.165) is 30.6 Å². The topological polar surface area (TPSA) is 53.4 Å². The molecule has 1 atom stereocenters. The van der Waals surface area contributed by atoms with Crippen LogP contribution in [0.4, 0.5) is 0 Å². The van der Waals surface area contributed by atoms with Crippen LogP contribution in [0, 0.1) is 6.92 Å². The number of pyridine rings is 1. The number of aliphatic hydroxyl groups excluding tert-OH is 1. The second kappa shape index (κ2) is 5.96. The fraction of sp³-hybridized carbons (Fsp3) is 0.571. The van der Waals surface area contributed by atoms with E-state index in [2.05, 4.69) is 4.98 Å². The van der Waals surface area contributed by atoms with Gasteiger partial charge in [0, 0.05) is 19.3 Å². The normalized spacial score (nSPS) is 20.6. The summed E-state index contributed by atoms with van der Waals surface area (Å²) in [4.78, 5) is 18.3. The molecular formula is C14H20N2O2. The number of carbonyl (C=O) groups excluding carboxylic acids is 1. The zero-order valence-electron chi connectivity index (χ0n) is 10.8. The molecule has 1 aromatic heterocycles. The maximum Gasteiger partial charge on any atom is 0.228 e. The molecule has 0 aliphatic carbocycles. The van der Waals surface area contributed by atoms with Crippen LogP contribution in [-0.2, 0) is 11.2 Å². The van der Waals surface area contributed by atoms with Crippen LogP contribution >= 0.6 is 0 Å². The third-order valence-corrected chi connectivity index (χ3v) is 3.49. The summed E-state index contributed by atoms with van der Waals surface area (Å²) in [5, 5.41) is 9.57. The van der Waals surface area contributed by atoms with Crippen molar-refractivity contribution >= 4 is 5.91 Å². The number of hydrogen-bond acceptors (Lipinski definition) is 3. The van der Waals surface area contributed by atoms with Gasteiger partial charge in [-0.3, -0.25) is 9.78 Å². The summed E-state index contributed by atoms with van der Waals surface area (Å²) in [5.74, 6) is 0.117. The van der Waals surface area contributed by atoms with Crippen molar-refractivity contribution in [1.82, 2.24) is 9.88 Å². The summed E-state index contributed by atoms with van der Waals surface area (Å²) in [6, 6.07) is 3.85. The zero-order chi connectivity index (χ0) is 13.0. The van der Waals surface area contributed by atoms with E-state index in [9.17, 15) is 9.90 Å². The van der Waals surface area contributed by atoms with Crippen LogP contribution in [0.1, 0.15) is 30.5 Å². The Kier molecular flexibility index (Phi) is 4.31. The van der Waals surface area contributed by atoms with Gasteiger partial charge < -0.3 is 10.0 Å². The van der Waals surface area contributed by atoms with Crippen molar-refractivity contribution in [2.45, 2.75) is 38.7 Å². The lowest BCUT2D eigenvalue weighted by Crippen LogP contribution is -2.33. The Labute approximate surface area is 108 Å². The number of rotatable bonds is 2. The van der Waals surface area contributed by atoms with Crippen molar-refractivity contribution in [3.63, 3.8) is 0 Å². The van der Waals surface area contributed by atoms with E-state index >= 15 is 0 Å². The van der Waals surface area contributed by atoms with Gasteiger partial charge in [0.05, 0.1) is 18.2 Å². The van der Waals surface area contributed by atoms with Gasteiger partial charge in [-0.15, -0.1) is 0 Å². The van der Waals surface area contributed by atoms with Gasteiger partial charge in [0.1, 0.15) is 0 Å². The molecule has 1 unspecified atom stereocenters. The van der Waals surface area contributed by atoms with Gasteiger partial charge in [0.2, 0.25) is 5.91 Å². The number of nitrogens with zero attached hydrogens (tertiary/aromatic N) is 2. The van der Waals surface area contributed by atoms with Gasteiger partial charge in [0.15, 0.2) is 0 Å². The Morgan fingerprint density at radius 1 is 1.50 bits per heavy atom. The van der Waals surface area contributed by atoms with Crippen molar-refractivity contribution in [2.75, 3.05) is 13.1 Å². The molecule has 0 bridgehead atoms. The number of hydrogen-bond donors (Lipinski definition) is 1. The van der Waals surface area contributed by atoms with Crippen molar-refractivity contribution in [1.29, 1.82) is 0 Å². The fourth-order valence-corrected chi connectivity index (χ4v) is 2.29. The minimum absolute atomic E-state index is 0.117. The lowest BCUT2D eigenvalue weighted by molar-refractivity contribution is -0.130. The highest BCUT2D eigenvalue weighted by Gasteiger charge is 2.20. The van der Waals surface area contributed by atoms with E-state index < -0.39 is 0 Å². The van der Waals surface area contributed by atoms with Crippen LogP contribution in [0.3, 0.4) is 0 Å². The van der Waals surface area contributed by atoms with E-state index in [0.29, 0.717) is 19.4 Å². The highest BCUT2D eigenvalue weighted by molar-refractivity contribution is 5.78. The first kappa shape index (κ1) is 13.0. The molecule has 1 aliphatic heterocycles. The lowest BCUT2D eigenvalue weighted by Gasteiger charge is -2.20. The van der Waals surface area contributed by atoms with Crippen molar-refractivity contribution in [3.8, 4) is 0 Å². The SMILES string of the molecule is Cc1cccnc1CC(=O)N1CCCC(O)CC1. The van der Waals surface area contributed by atoms with Gasteiger partial charge in [0.25, 0.3) is 0 Å². The number of aromatic nitrogens is 1. The molecule has 0 spiro atoms. The van der Waals surface area contributed by atoms with Gasteiger partial charge in [-0.05, 0) is 37.8 Å². The van der Waals surface area contributed by atoms with Crippen molar-refractivity contribution in [2.24, 2.45) is 0 Å². The number of amides is 1. The monoisotopic (exact) mass is 248 g/mol. The van der Waals surface area contributed by atoms with Crippen molar-refractivity contribution in [3.05, 3.63) is 29.6 Å². The molecule has 1 fully saturated rings. The summed E-state index contributed by atoms with van der Waals surface area (Å²) < 4.78 is 0. The van der Waals surface area contributed by atoms with Gasteiger partial charge >= 0.3 is 0 Å². The molecule has 4 heteroatoms. The molecule has 18 heavy (non-hydrogen) atoms. The minimum atomic E-state index is -0.251. The lowest BCUT2D eigenvalue weighted by atomic mass is 10.1. The Bertz CT molecular complexity index is 420. The first-order valence-corrected chi connectivity index (χ1v) is 6.53. The molecule has 2 heterocycles. The third-order valence-electron chi connectivity index (χ3n) is 3.49. The van der Waals surface area contributed by atoms with Crippen molar-refractivity contribution < 1.29 is 9.90 Å². The fourth-order valence-electron chi connectivity index (χ4n) is 2.29. The quantitative estimate of drug-likeness (QED) is 0.858. The van der Waals surface area contributed by atoms with Gasteiger partial charge in [-0.2, -0.15) is 0 Å². The molecule has 1 N–H and O–H groups in total. The summed E-state index contributed by atoms with van der Waals surface area (Å²) in [7, 11) is 0. The van der Waals surface area contributed by atoms with Crippen LogP contribution in [0.25, 0.3) is 0 Å². The van der Waals surface area contributed by atoms with Crippen LogP contribution in [-0.4, -0.2) is 40.1 Å². The van der Waals surface area contributed by atoms with E-state index in [-0.39, 0.29) is 12.0 Å². The largest absolute Gasteiger partial charge is 0.393 e. The number of aliphatic hydroxyl groups is 1. The van der Waals surface area contributed by atoms with E-state index in [1.807, 2.05) is 24.0 Å². The Hall–Kier alpha value is -1.42. The molecule has 1 aromatic rings. The minimum Gasteiger partial charge on any atom is -0.393 e. The van der Waals surface area contributed by atoms with Gasteiger partial charge in [-0.25, -0.2) is 0 Å². The molecule has 4 nitrogen and oxygen atoms in total. The van der Waals surface area contributed by atoms with E-state index in [1.54, 1.807) is 6.20 Å². The molecule has 1 aliphatic rings. The molecule has 0 radical (unpaired) electrons. The Morgan fingerprint density at radius 2 is 2.33 bits per heavy atom. The summed E-state index contributed by atoms with van der Waals surface area (Å²) in [6.07, 6.45) is 4.21. The Balaban J connectivity index is 1.97. The highest BCUT2D eigenvalue weighted by Crippen LogP contribution is 2.13. The van der Waals surface area contributed by atoms with E-state index in [4.69, 9.17) is 0 Å². The van der Waals surface area contributed by atoms with Crippen LogP contribution in [0.5, 0.6) is 0 Å². The zero-order valence-corrected chi connectivity index (χ0v) is 10.8. The molecule has 1 amide bonds. The Morgan fingerprint density at radius 3 is 3.11 bits per heavy atom. The first-order valence-electron chi connectivity index (χ1n) is 6.53. The summed E-state index contributed by atoms with van der Waals surface area (Å²) >= 11 is 0. The number of likely N-dealkylation sites (tertiary alicyclic amines) is 1. The van der Waals surface area contributed by atoms with Crippen LogP contribution in [0.2, 0.25) is 0 Å². The molecule has 0 aromatic carbocycles. The maximum absolute atomic E-state index is 12.2. The average molecular weight is 248 g/mol. The second-order valence-electron chi connectivity index (χ2n) is 4.91. The second-order valence-corrected chi connectivity index (χ2v) is 4.91. The van der Waals surface area contributed by atoms with Crippen LogP contribution in [0.15, 0.2) is 18.3 Å². The maximum atomic E-state index is 12.2.